The number of hydrogen-bond donors (Lipinski definition) is 1. The average Bonchev–Trinajstić information content (AvgIpc) is 2.54. The fourth-order valence-electron chi connectivity index (χ4n) is 2.51. The number of carbonyl (C=O) groups excluding carboxylic acids is 1. The Morgan fingerprint density at radius 3 is 2.32 bits per heavy atom. The highest BCUT2D eigenvalue weighted by atomic mass is 16.5. The van der Waals surface area contributed by atoms with Crippen molar-refractivity contribution in [3.05, 3.63) is 53.6 Å². The molecule has 4 nitrogen and oxygen atoms in total. The van der Waals surface area contributed by atoms with Crippen LogP contribution in [0, 0.1) is 6.92 Å². The molecule has 25 heavy (non-hydrogen) atoms. The summed E-state index contributed by atoms with van der Waals surface area (Å²) in [7, 11) is 0. The van der Waals surface area contributed by atoms with Gasteiger partial charge in [0.25, 0.3) is 5.91 Å². The zero-order valence-corrected chi connectivity index (χ0v) is 15.7. The molecular weight excluding hydrogens is 314 g/mol. The monoisotopic (exact) mass is 341 g/mol. The second-order valence-corrected chi connectivity index (χ2v) is 7.04. The highest BCUT2D eigenvalue weighted by molar-refractivity contribution is 5.91. The molecule has 2 aromatic carbocycles. The Kier molecular flexibility index (Phi) is 6.07. The zero-order chi connectivity index (χ0) is 18.4. The molecule has 0 fully saturated rings. The van der Waals surface area contributed by atoms with Crippen LogP contribution >= 0.6 is 0 Å². The third kappa shape index (κ3) is 5.52. The number of carbonyl (C=O) groups is 1. The lowest BCUT2D eigenvalue weighted by atomic mass is 9.86. The summed E-state index contributed by atoms with van der Waals surface area (Å²) in [6.45, 7) is 10.9. The highest BCUT2D eigenvalue weighted by Gasteiger charge is 2.19. The fraction of sp³-hybridized carbons (Fsp3) is 0.381. The van der Waals surface area contributed by atoms with Crippen LogP contribution in [0.2, 0.25) is 0 Å². The van der Waals surface area contributed by atoms with Gasteiger partial charge in [0.2, 0.25) is 0 Å². The van der Waals surface area contributed by atoms with E-state index in [0.717, 1.165) is 28.3 Å². The van der Waals surface area contributed by atoms with E-state index in [0.29, 0.717) is 6.61 Å². The Labute approximate surface area is 150 Å². The molecule has 4 heteroatoms. The predicted molar refractivity (Wildman–Crippen MR) is 102 cm³/mol. The highest BCUT2D eigenvalue weighted by Crippen LogP contribution is 2.32. The Morgan fingerprint density at radius 1 is 1.04 bits per heavy atom. The fourth-order valence-corrected chi connectivity index (χ4v) is 2.51. The zero-order valence-electron chi connectivity index (χ0n) is 15.7. The van der Waals surface area contributed by atoms with Gasteiger partial charge in [-0.05, 0) is 60.7 Å². The Morgan fingerprint density at radius 2 is 1.72 bits per heavy atom. The smallest absolute Gasteiger partial charge is 0.262 e. The third-order valence-electron chi connectivity index (χ3n) is 3.75. The maximum atomic E-state index is 12.2. The first kappa shape index (κ1) is 18.8. The van der Waals surface area contributed by atoms with Gasteiger partial charge in [0.15, 0.2) is 6.61 Å². The van der Waals surface area contributed by atoms with Crippen molar-refractivity contribution in [3.63, 3.8) is 0 Å². The van der Waals surface area contributed by atoms with Crippen molar-refractivity contribution in [1.82, 2.24) is 0 Å². The molecule has 0 radical (unpaired) electrons. The number of aryl methyl sites for hydroxylation is 1. The maximum absolute atomic E-state index is 12.2. The SMILES string of the molecule is CCOc1ccc(NC(=O)COc2cc(C)ccc2C(C)(C)C)cc1. The first-order chi connectivity index (χ1) is 11.8. The van der Waals surface area contributed by atoms with Gasteiger partial charge in [-0.3, -0.25) is 4.79 Å². The van der Waals surface area contributed by atoms with Crippen LogP contribution in [0.4, 0.5) is 5.69 Å². The van der Waals surface area contributed by atoms with Crippen LogP contribution in [-0.4, -0.2) is 19.1 Å². The molecule has 0 unspecified atom stereocenters. The average molecular weight is 341 g/mol. The summed E-state index contributed by atoms with van der Waals surface area (Å²) < 4.78 is 11.2. The van der Waals surface area contributed by atoms with Crippen LogP contribution in [0.3, 0.4) is 0 Å². The molecule has 2 aromatic rings. The third-order valence-corrected chi connectivity index (χ3v) is 3.75. The molecule has 0 aliphatic heterocycles. The summed E-state index contributed by atoms with van der Waals surface area (Å²) in [6, 6.07) is 13.4. The van der Waals surface area contributed by atoms with Gasteiger partial charge >= 0.3 is 0 Å². The van der Waals surface area contributed by atoms with Gasteiger partial charge < -0.3 is 14.8 Å². The number of hydrogen-bond acceptors (Lipinski definition) is 3. The minimum absolute atomic E-state index is 0.0280. The van der Waals surface area contributed by atoms with E-state index in [4.69, 9.17) is 9.47 Å². The lowest BCUT2D eigenvalue weighted by Gasteiger charge is -2.23. The lowest BCUT2D eigenvalue weighted by molar-refractivity contribution is -0.118. The minimum Gasteiger partial charge on any atom is -0.494 e. The number of amides is 1. The van der Waals surface area contributed by atoms with Crippen molar-refractivity contribution < 1.29 is 14.3 Å². The lowest BCUT2D eigenvalue weighted by Crippen LogP contribution is -2.22. The van der Waals surface area contributed by atoms with Crippen molar-refractivity contribution in [1.29, 1.82) is 0 Å². The molecule has 1 N–H and O–H groups in total. The van der Waals surface area contributed by atoms with E-state index in [-0.39, 0.29) is 17.9 Å². The first-order valence-electron chi connectivity index (χ1n) is 8.56. The van der Waals surface area contributed by atoms with E-state index < -0.39 is 0 Å². The molecule has 134 valence electrons. The number of nitrogens with one attached hydrogen (secondary N) is 1. The van der Waals surface area contributed by atoms with E-state index in [1.807, 2.05) is 44.2 Å². The van der Waals surface area contributed by atoms with Gasteiger partial charge in [0, 0.05) is 5.69 Å². The maximum Gasteiger partial charge on any atom is 0.262 e. The summed E-state index contributed by atoms with van der Waals surface area (Å²) in [4.78, 5) is 12.2. The van der Waals surface area contributed by atoms with Crippen molar-refractivity contribution in [2.45, 2.75) is 40.0 Å². The van der Waals surface area contributed by atoms with Gasteiger partial charge in [-0.1, -0.05) is 32.9 Å². The van der Waals surface area contributed by atoms with E-state index in [9.17, 15) is 4.79 Å². The number of ether oxygens (including phenoxy) is 2. The molecule has 0 saturated heterocycles. The van der Waals surface area contributed by atoms with E-state index in [1.54, 1.807) is 0 Å². The van der Waals surface area contributed by atoms with Gasteiger partial charge in [-0.2, -0.15) is 0 Å². The summed E-state index contributed by atoms with van der Waals surface area (Å²) in [6.07, 6.45) is 0. The molecule has 0 atom stereocenters. The van der Waals surface area contributed by atoms with Crippen LogP contribution in [-0.2, 0) is 10.2 Å². The summed E-state index contributed by atoms with van der Waals surface area (Å²) >= 11 is 0. The number of benzene rings is 2. The largest absolute Gasteiger partial charge is 0.494 e. The summed E-state index contributed by atoms with van der Waals surface area (Å²) in [5, 5.41) is 2.83. The Balaban J connectivity index is 1.99. The van der Waals surface area contributed by atoms with Crippen LogP contribution in [0.25, 0.3) is 0 Å². The molecular formula is C21H27NO3. The predicted octanol–water partition coefficient (Wildman–Crippen LogP) is 4.71. The second-order valence-electron chi connectivity index (χ2n) is 7.04. The van der Waals surface area contributed by atoms with Gasteiger partial charge in [-0.25, -0.2) is 0 Å². The quantitative estimate of drug-likeness (QED) is 0.828. The van der Waals surface area contributed by atoms with E-state index in [2.05, 4.69) is 38.2 Å². The van der Waals surface area contributed by atoms with Crippen LogP contribution in [0.15, 0.2) is 42.5 Å². The van der Waals surface area contributed by atoms with Crippen molar-refractivity contribution >= 4 is 11.6 Å². The second kappa shape index (κ2) is 8.06. The molecule has 2 rings (SSSR count). The van der Waals surface area contributed by atoms with Crippen molar-refractivity contribution in [2.24, 2.45) is 0 Å². The van der Waals surface area contributed by atoms with E-state index >= 15 is 0 Å². The topological polar surface area (TPSA) is 47.6 Å². The molecule has 0 aromatic heterocycles. The van der Waals surface area contributed by atoms with Gasteiger partial charge in [0.1, 0.15) is 11.5 Å². The molecule has 0 heterocycles. The summed E-state index contributed by atoms with van der Waals surface area (Å²) in [5.41, 5.74) is 2.87. The van der Waals surface area contributed by atoms with Crippen LogP contribution in [0.5, 0.6) is 11.5 Å². The normalized spacial score (nSPS) is 11.1. The van der Waals surface area contributed by atoms with Crippen molar-refractivity contribution in [3.8, 4) is 11.5 Å². The minimum atomic E-state index is -0.189. The van der Waals surface area contributed by atoms with Crippen molar-refractivity contribution in [2.75, 3.05) is 18.5 Å². The van der Waals surface area contributed by atoms with E-state index in [1.165, 1.54) is 0 Å². The molecule has 0 aliphatic carbocycles. The molecule has 0 spiro atoms. The standard InChI is InChI=1S/C21H27NO3/c1-6-24-17-10-8-16(9-11-17)22-20(23)14-25-19-13-15(2)7-12-18(19)21(3,4)5/h7-13H,6,14H2,1-5H3,(H,22,23). The molecule has 0 bridgehead atoms. The number of anilines is 1. The molecule has 0 aliphatic rings. The van der Waals surface area contributed by atoms with Gasteiger partial charge in [-0.15, -0.1) is 0 Å². The number of rotatable bonds is 6. The Bertz CT molecular complexity index is 715. The van der Waals surface area contributed by atoms with Crippen LogP contribution in [0.1, 0.15) is 38.8 Å². The van der Waals surface area contributed by atoms with Crippen LogP contribution < -0.4 is 14.8 Å². The summed E-state index contributed by atoms with van der Waals surface area (Å²) in [5.74, 6) is 1.35. The first-order valence-corrected chi connectivity index (χ1v) is 8.56. The molecule has 1 amide bonds. The van der Waals surface area contributed by atoms with Gasteiger partial charge in [0.05, 0.1) is 6.61 Å². The Hall–Kier alpha value is -2.49. The molecule has 0 saturated carbocycles.